The maximum atomic E-state index is 12.1. The van der Waals surface area contributed by atoms with Gasteiger partial charge in [0.05, 0.1) is 14.2 Å². The van der Waals surface area contributed by atoms with Crippen molar-refractivity contribution < 1.29 is 14.3 Å². The Morgan fingerprint density at radius 1 is 1.09 bits per heavy atom. The minimum atomic E-state index is 0.0271. The monoisotopic (exact) mass is 313 g/mol. The number of nitrogens with one attached hydrogen (secondary N) is 1. The molecule has 0 radical (unpaired) electrons. The van der Waals surface area contributed by atoms with Crippen LogP contribution >= 0.6 is 0 Å². The Bertz CT molecular complexity index is 640. The van der Waals surface area contributed by atoms with Crippen molar-refractivity contribution in [3.63, 3.8) is 0 Å². The molecular weight excluding hydrogens is 290 g/mol. The zero-order chi connectivity index (χ0) is 16.7. The molecule has 1 atom stereocenters. The number of carbonyl (C=O) groups is 1. The van der Waals surface area contributed by atoms with Gasteiger partial charge in [-0.25, -0.2) is 0 Å². The largest absolute Gasteiger partial charge is 0.497 e. The molecule has 0 saturated heterocycles. The summed E-state index contributed by atoms with van der Waals surface area (Å²) in [6.45, 7) is 2.57. The van der Waals surface area contributed by atoms with Crippen LogP contribution in [0.25, 0.3) is 0 Å². The Hall–Kier alpha value is -2.49. The summed E-state index contributed by atoms with van der Waals surface area (Å²) in [5.74, 6) is 1.57. The number of methoxy groups -OCH3 is 2. The first-order valence-electron chi connectivity index (χ1n) is 7.66. The van der Waals surface area contributed by atoms with Gasteiger partial charge in [-0.3, -0.25) is 4.79 Å². The first kappa shape index (κ1) is 16.9. The van der Waals surface area contributed by atoms with E-state index >= 15 is 0 Å². The quantitative estimate of drug-likeness (QED) is 0.851. The fraction of sp³-hybridized carbons (Fsp3) is 0.316. The van der Waals surface area contributed by atoms with Crippen LogP contribution in [-0.4, -0.2) is 20.1 Å². The van der Waals surface area contributed by atoms with Crippen molar-refractivity contribution in [2.45, 2.75) is 25.8 Å². The third-order valence-electron chi connectivity index (χ3n) is 3.80. The molecule has 0 spiro atoms. The van der Waals surface area contributed by atoms with Gasteiger partial charge in [-0.05, 0) is 23.1 Å². The fourth-order valence-electron chi connectivity index (χ4n) is 2.48. The molecular formula is C19H23NO3. The topological polar surface area (TPSA) is 47.6 Å². The second kappa shape index (κ2) is 8.22. The van der Waals surface area contributed by atoms with Gasteiger partial charge in [0.15, 0.2) is 0 Å². The summed E-state index contributed by atoms with van der Waals surface area (Å²) < 4.78 is 10.6. The minimum Gasteiger partial charge on any atom is -0.497 e. The zero-order valence-electron chi connectivity index (χ0n) is 13.8. The predicted octanol–water partition coefficient (Wildman–Crippen LogP) is 3.51. The lowest BCUT2D eigenvalue weighted by molar-refractivity contribution is -0.121. The molecule has 4 nitrogen and oxygen atoms in total. The average molecular weight is 313 g/mol. The Morgan fingerprint density at radius 3 is 2.48 bits per heavy atom. The van der Waals surface area contributed by atoms with Crippen molar-refractivity contribution in [1.29, 1.82) is 0 Å². The van der Waals surface area contributed by atoms with Gasteiger partial charge in [0.2, 0.25) is 5.91 Å². The number of hydrogen-bond acceptors (Lipinski definition) is 3. The number of carbonyl (C=O) groups excluding carboxylic acids is 1. The molecule has 23 heavy (non-hydrogen) atoms. The van der Waals surface area contributed by atoms with E-state index in [4.69, 9.17) is 9.47 Å². The van der Waals surface area contributed by atoms with Gasteiger partial charge in [-0.2, -0.15) is 0 Å². The second-order valence-electron chi connectivity index (χ2n) is 5.48. The van der Waals surface area contributed by atoms with Gasteiger partial charge in [0, 0.05) is 19.0 Å². The molecule has 0 aliphatic heterocycles. The van der Waals surface area contributed by atoms with Crippen molar-refractivity contribution in [1.82, 2.24) is 5.32 Å². The summed E-state index contributed by atoms with van der Waals surface area (Å²) in [5, 5.41) is 2.96. The Kier molecular flexibility index (Phi) is 6.03. The van der Waals surface area contributed by atoms with E-state index in [1.165, 1.54) is 0 Å². The molecule has 0 fully saturated rings. The van der Waals surface area contributed by atoms with Crippen LogP contribution in [0.3, 0.4) is 0 Å². The van der Waals surface area contributed by atoms with Crippen LogP contribution < -0.4 is 14.8 Å². The predicted molar refractivity (Wildman–Crippen MR) is 90.9 cm³/mol. The van der Waals surface area contributed by atoms with Crippen LogP contribution in [0.4, 0.5) is 0 Å². The highest BCUT2D eigenvalue weighted by molar-refractivity contribution is 5.77. The second-order valence-corrected chi connectivity index (χ2v) is 5.48. The van der Waals surface area contributed by atoms with Gasteiger partial charge in [-0.1, -0.05) is 43.3 Å². The summed E-state index contributed by atoms with van der Waals surface area (Å²) in [4.78, 5) is 12.1. The number of ether oxygens (including phenoxy) is 2. The van der Waals surface area contributed by atoms with E-state index in [0.717, 1.165) is 22.6 Å². The highest BCUT2D eigenvalue weighted by atomic mass is 16.5. The molecule has 1 amide bonds. The molecule has 0 aromatic heterocycles. The SMILES string of the molecule is COc1ccc(C(C)CC(=O)NCc2ccccc2)c(OC)c1. The van der Waals surface area contributed by atoms with Gasteiger partial charge < -0.3 is 14.8 Å². The summed E-state index contributed by atoms with van der Waals surface area (Å²) >= 11 is 0. The summed E-state index contributed by atoms with van der Waals surface area (Å²) in [6.07, 6.45) is 0.412. The van der Waals surface area contributed by atoms with E-state index in [-0.39, 0.29) is 11.8 Å². The van der Waals surface area contributed by atoms with E-state index < -0.39 is 0 Å². The lowest BCUT2D eigenvalue weighted by Gasteiger charge is -2.16. The number of hydrogen-bond donors (Lipinski definition) is 1. The number of amides is 1. The number of rotatable bonds is 7. The molecule has 1 N–H and O–H groups in total. The highest BCUT2D eigenvalue weighted by Gasteiger charge is 2.16. The first-order valence-corrected chi connectivity index (χ1v) is 7.66. The molecule has 2 rings (SSSR count). The summed E-state index contributed by atoms with van der Waals surface area (Å²) in [5.41, 5.74) is 2.10. The van der Waals surface area contributed by atoms with Crippen LogP contribution in [0.1, 0.15) is 30.4 Å². The molecule has 0 aliphatic rings. The van der Waals surface area contributed by atoms with Gasteiger partial charge >= 0.3 is 0 Å². The lowest BCUT2D eigenvalue weighted by atomic mass is 9.96. The maximum Gasteiger partial charge on any atom is 0.220 e. The third-order valence-corrected chi connectivity index (χ3v) is 3.80. The molecule has 0 aliphatic carbocycles. The Morgan fingerprint density at radius 2 is 1.83 bits per heavy atom. The van der Waals surface area contributed by atoms with Crippen molar-refractivity contribution in [2.75, 3.05) is 14.2 Å². The van der Waals surface area contributed by atoms with Crippen LogP contribution in [0.2, 0.25) is 0 Å². The first-order chi connectivity index (χ1) is 11.1. The van der Waals surface area contributed by atoms with Crippen molar-refractivity contribution >= 4 is 5.91 Å². The molecule has 0 heterocycles. The van der Waals surface area contributed by atoms with E-state index in [1.54, 1.807) is 14.2 Å². The van der Waals surface area contributed by atoms with Crippen LogP contribution in [0, 0.1) is 0 Å². The maximum absolute atomic E-state index is 12.1. The van der Waals surface area contributed by atoms with Gasteiger partial charge in [0.1, 0.15) is 11.5 Å². The smallest absolute Gasteiger partial charge is 0.220 e. The Labute approximate surface area is 137 Å². The highest BCUT2D eigenvalue weighted by Crippen LogP contribution is 2.32. The van der Waals surface area contributed by atoms with E-state index in [0.29, 0.717) is 13.0 Å². The van der Waals surface area contributed by atoms with Gasteiger partial charge in [-0.15, -0.1) is 0 Å². The molecule has 0 bridgehead atoms. The molecule has 0 saturated carbocycles. The molecule has 2 aromatic carbocycles. The summed E-state index contributed by atoms with van der Waals surface area (Å²) in [6, 6.07) is 15.6. The van der Waals surface area contributed by atoms with E-state index in [1.807, 2.05) is 55.5 Å². The fourth-order valence-corrected chi connectivity index (χ4v) is 2.48. The van der Waals surface area contributed by atoms with E-state index in [2.05, 4.69) is 5.32 Å². The van der Waals surface area contributed by atoms with Crippen LogP contribution in [0.15, 0.2) is 48.5 Å². The summed E-state index contributed by atoms with van der Waals surface area (Å²) in [7, 11) is 3.25. The zero-order valence-corrected chi connectivity index (χ0v) is 13.8. The minimum absolute atomic E-state index is 0.0271. The molecule has 2 aromatic rings. The molecule has 4 heteroatoms. The lowest BCUT2D eigenvalue weighted by Crippen LogP contribution is -2.24. The van der Waals surface area contributed by atoms with Crippen molar-refractivity contribution in [3.8, 4) is 11.5 Å². The van der Waals surface area contributed by atoms with E-state index in [9.17, 15) is 4.79 Å². The molecule has 122 valence electrons. The van der Waals surface area contributed by atoms with Crippen LogP contribution in [0.5, 0.6) is 11.5 Å². The number of benzene rings is 2. The Balaban J connectivity index is 1.95. The van der Waals surface area contributed by atoms with Crippen LogP contribution in [-0.2, 0) is 11.3 Å². The molecule has 1 unspecified atom stereocenters. The van der Waals surface area contributed by atoms with Crippen molar-refractivity contribution in [3.05, 3.63) is 59.7 Å². The normalized spacial score (nSPS) is 11.6. The third kappa shape index (κ3) is 4.74. The van der Waals surface area contributed by atoms with Crippen molar-refractivity contribution in [2.24, 2.45) is 0 Å². The standard InChI is InChI=1S/C19H23NO3/c1-14(17-10-9-16(22-2)12-18(17)23-3)11-19(21)20-13-15-7-5-4-6-8-15/h4-10,12,14H,11,13H2,1-3H3,(H,20,21). The van der Waals surface area contributed by atoms with Gasteiger partial charge in [0.25, 0.3) is 0 Å². The average Bonchev–Trinajstić information content (AvgIpc) is 2.60.